The van der Waals surface area contributed by atoms with E-state index in [2.05, 4.69) is 26.3 Å². The highest BCUT2D eigenvalue weighted by Gasteiger charge is 2.32. The number of carbonyl (C=O) groups is 1. The van der Waals surface area contributed by atoms with Crippen LogP contribution in [0.3, 0.4) is 0 Å². The average Bonchev–Trinajstić information content (AvgIpc) is 2.81. The largest absolute Gasteiger partial charge is 0.419 e. The van der Waals surface area contributed by atoms with Gasteiger partial charge in [0, 0.05) is 16.4 Å². The van der Waals surface area contributed by atoms with Gasteiger partial charge in [0.05, 0.1) is 17.4 Å². The highest BCUT2D eigenvalue weighted by molar-refractivity contribution is 9.10. The highest BCUT2D eigenvalue weighted by Crippen LogP contribution is 2.28. The molecule has 2 aromatic rings. The van der Waals surface area contributed by atoms with Crippen molar-refractivity contribution in [1.82, 2.24) is 9.78 Å². The van der Waals surface area contributed by atoms with Gasteiger partial charge >= 0.3 is 6.18 Å². The summed E-state index contributed by atoms with van der Waals surface area (Å²) in [5.41, 5.74) is 5.65. The molecule has 112 valence electrons. The van der Waals surface area contributed by atoms with Crippen molar-refractivity contribution in [3.63, 3.8) is 0 Å². The van der Waals surface area contributed by atoms with E-state index in [0.29, 0.717) is 22.0 Å². The predicted molar refractivity (Wildman–Crippen MR) is 74.4 cm³/mol. The molecular weight excluding hydrogens is 353 g/mol. The van der Waals surface area contributed by atoms with E-state index in [0.717, 1.165) is 10.9 Å². The quantitative estimate of drug-likeness (QED) is 0.824. The molecule has 9 heteroatoms. The van der Waals surface area contributed by atoms with Gasteiger partial charge in [-0.25, -0.2) is 0 Å². The lowest BCUT2D eigenvalue weighted by atomic mass is 10.3. The number of nitrogens with one attached hydrogen (secondary N) is 1. The van der Waals surface area contributed by atoms with Gasteiger partial charge in [0.15, 0.2) is 0 Å². The van der Waals surface area contributed by atoms with Crippen LogP contribution in [0.1, 0.15) is 5.56 Å². The maximum absolute atomic E-state index is 12.4. The number of amides is 1. The first kappa shape index (κ1) is 15.4. The third-order valence-electron chi connectivity index (χ3n) is 2.53. The number of alkyl halides is 3. The summed E-state index contributed by atoms with van der Waals surface area (Å²) >= 11 is 3.23. The average molecular weight is 363 g/mol. The molecular formula is C12H10BrF3N4O. The van der Waals surface area contributed by atoms with E-state index in [9.17, 15) is 18.0 Å². The van der Waals surface area contributed by atoms with Gasteiger partial charge in [-0.05, 0) is 34.1 Å². The number of carbonyl (C=O) groups excluding carboxylic acids is 1. The number of aromatic nitrogens is 2. The number of hydrogen-bond acceptors (Lipinski definition) is 3. The molecule has 0 radical (unpaired) electrons. The fourth-order valence-electron chi connectivity index (χ4n) is 1.57. The summed E-state index contributed by atoms with van der Waals surface area (Å²) in [7, 11) is 0. The molecule has 3 N–H and O–H groups in total. The molecule has 0 fully saturated rings. The highest BCUT2D eigenvalue weighted by atomic mass is 79.9. The van der Waals surface area contributed by atoms with Crippen LogP contribution in [-0.2, 0) is 17.5 Å². The summed E-state index contributed by atoms with van der Waals surface area (Å²) in [5, 5.41) is 6.06. The lowest BCUT2D eigenvalue weighted by molar-refractivity contribution is -0.137. The van der Waals surface area contributed by atoms with Crippen molar-refractivity contribution in [2.75, 3.05) is 11.1 Å². The lowest BCUT2D eigenvalue weighted by Crippen LogP contribution is -2.19. The zero-order valence-corrected chi connectivity index (χ0v) is 12.1. The second-order valence-electron chi connectivity index (χ2n) is 4.21. The fourth-order valence-corrected chi connectivity index (χ4v) is 2.06. The number of anilines is 2. The lowest BCUT2D eigenvalue weighted by Gasteiger charge is -2.08. The molecule has 0 bridgehead atoms. The van der Waals surface area contributed by atoms with Crippen molar-refractivity contribution in [3.8, 4) is 0 Å². The van der Waals surface area contributed by atoms with Crippen LogP contribution >= 0.6 is 15.9 Å². The molecule has 0 atom stereocenters. The van der Waals surface area contributed by atoms with Crippen molar-refractivity contribution in [3.05, 3.63) is 40.6 Å². The minimum Gasteiger partial charge on any atom is -0.399 e. The zero-order chi connectivity index (χ0) is 15.6. The first-order chi connectivity index (χ1) is 9.75. The Morgan fingerprint density at radius 2 is 2.14 bits per heavy atom. The first-order valence-electron chi connectivity index (χ1n) is 5.70. The third kappa shape index (κ3) is 3.97. The molecule has 0 aliphatic heterocycles. The Bertz CT molecular complexity index is 669. The van der Waals surface area contributed by atoms with E-state index in [4.69, 9.17) is 5.73 Å². The van der Waals surface area contributed by atoms with Gasteiger partial charge in [-0.2, -0.15) is 18.3 Å². The number of halogens is 4. The predicted octanol–water partition coefficient (Wildman–Crippen LogP) is 2.89. The van der Waals surface area contributed by atoms with Gasteiger partial charge in [-0.1, -0.05) is 0 Å². The Kier molecular flexibility index (Phi) is 4.21. The molecule has 5 nitrogen and oxygen atoms in total. The van der Waals surface area contributed by atoms with E-state index in [1.807, 2.05) is 0 Å². The molecule has 1 amide bonds. The van der Waals surface area contributed by atoms with Gasteiger partial charge in [-0.3, -0.25) is 9.48 Å². The Hall–Kier alpha value is -2.03. The maximum Gasteiger partial charge on any atom is 0.419 e. The van der Waals surface area contributed by atoms with Gasteiger partial charge in [0.1, 0.15) is 6.54 Å². The molecule has 0 saturated carbocycles. The van der Waals surface area contributed by atoms with Crippen LogP contribution < -0.4 is 11.1 Å². The summed E-state index contributed by atoms with van der Waals surface area (Å²) < 4.78 is 38.7. The van der Waals surface area contributed by atoms with Gasteiger partial charge in [0.25, 0.3) is 0 Å². The van der Waals surface area contributed by atoms with Crippen LogP contribution in [0.25, 0.3) is 0 Å². The molecule has 0 unspecified atom stereocenters. The van der Waals surface area contributed by atoms with Gasteiger partial charge in [-0.15, -0.1) is 0 Å². The molecule has 1 aromatic carbocycles. The monoisotopic (exact) mass is 362 g/mol. The second kappa shape index (κ2) is 5.76. The molecule has 0 aliphatic rings. The zero-order valence-electron chi connectivity index (χ0n) is 10.5. The van der Waals surface area contributed by atoms with E-state index in [1.165, 1.54) is 0 Å². The maximum atomic E-state index is 12.4. The van der Waals surface area contributed by atoms with Crippen molar-refractivity contribution < 1.29 is 18.0 Å². The molecule has 1 heterocycles. The molecule has 21 heavy (non-hydrogen) atoms. The molecule has 0 saturated heterocycles. The van der Waals surface area contributed by atoms with Crippen LogP contribution in [0.5, 0.6) is 0 Å². The fraction of sp³-hybridized carbons (Fsp3) is 0.167. The van der Waals surface area contributed by atoms with Crippen molar-refractivity contribution in [2.45, 2.75) is 12.7 Å². The number of nitrogens with zero attached hydrogens (tertiary/aromatic N) is 2. The first-order valence-corrected chi connectivity index (χ1v) is 6.49. The van der Waals surface area contributed by atoms with Crippen molar-refractivity contribution >= 4 is 33.2 Å². The minimum absolute atomic E-state index is 0.326. The van der Waals surface area contributed by atoms with E-state index in [1.54, 1.807) is 18.2 Å². The minimum atomic E-state index is -4.48. The Balaban J connectivity index is 2.03. The van der Waals surface area contributed by atoms with Crippen molar-refractivity contribution in [1.29, 1.82) is 0 Å². The topological polar surface area (TPSA) is 72.9 Å². The van der Waals surface area contributed by atoms with Gasteiger partial charge < -0.3 is 11.1 Å². The summed E-state index contributed by atoms with van der Waals surface area (Å²) in [4.78, 5) is 11.8. The van der Waals surface area contributed by atoms with Crippen LogP contribution in [0, 0.1) is 0 Å². The molecule has 0 aliphatic carbocycles. The summed E-state index contributed by atoms with van der Waals surface area (Å²) in [5.74, 6) is -0.503. The number of nitrogen functional groups attached to an aromatic ring is 1. The summed E-state index contributed by atoms with van der Waals surface area (Å²) in [6, 6.07) is 4.78. The van der Waals surface area contributed by atoms with Crippen LogP contribution in [0.4, 0.5) is 24.5 Å². The Morgan fingerprint density at radius 3 is 2.71 bits per heavy atom. The van der Waals surface area contributed by atoms with Crippen molar-refractivity contribution in [2.24, 2.45) is 0 Å². The number of nitrogens with two attached hydrogens (primary N) is 1. The van der Waals surface area contributed by atoms with E-state index < -0.39 is 17.6 Å². The summed E-state index contributed by atoms with van der Waals surface area (Å²) in [6.45, 7) is -0.326. The standard InChI is InChI=1S/C12H10BrF3N4O/c13-9-3-8(17)1-2-10(9)19-11(21)6-20-5-7(4-18-20)12(14,15)16/h1-5H,6,17H2,(H,19,21). The number of rotatable bonds is 3. The van der Waals surface area contributed by atoms with Gasteiger partial charge in [0.2, 0.25) is 5.91 Å². The Morgan fingerprint density at radius 1 is 1.43 bits per heavy atom. The molecule has 1 aromatic heterocycles. The van der Waals surface area contributed by atoms with Crippen LogP contribution in [-0.4, -0.2) is 15.7 Å². The van der Waals surface area contributed by atoms with Crippen LogP contribution in [0.2, 0.25) is 0 Å². The van der Waals surface area contributed by atoms with E-state index in [-0.39, 0.29) is 6.54 Å². The summed E-state index contributed by atoms with van der Waals surface area (Å²) in [6.07, 6.45) is -3.03. The molecule has 0 spiro atoms. The van der Waals surface area contributed by atoms with E-state index >= 15 is 0 Å². The Labute approximate surface area is 126 Å². The second-order valence-corrected chi connectivity index (χ2v) is 5.07. The number of benzene rings is 1. The smallest absolute Gasteiger partial charge is 0.399 e. The normalized spacial score (nSPS) is 11.4. The molecule has 2 rings (SSSR count). The van der Waals surface area contributed by atoms with Crippen LogP contribution in [0.15, 0.2) is 35.1 Å². The third-order valence-corrected chi connectivity index (χ3v) is 3.19. The SMILES string of the molecule is Nc1ccc(NC(=O)Cn2cc(C(F)(F)F)cn2)c(Br)c1. The number of hydrogen-bond donors (Lipinski definition) is 2.